The van der Waals surface area contributed by atoms with E-state index in [0.29, 0.717) is 0 Å². The molecule has 1 aromatic rings. The van der Waals surface area contributed by atoms with Crippen LogP contribution >= 0.6 is 0 Å². The van der Waals surface area contributed by atoms with Crippen molar-refractivity contribution < 1.29 is 0 Å². The number of rotatable bonds is 1. The minimum Gasteiger partial charge on any atom is -0.380 e. The van der Waals surface area contributed by atoms with Gasteiger partial charge in [-0.05, 0) is 26.7 Å². The first-order valence-electron chi connectivity index (χ1n) is 5.04. The second-order valence-corrected chi connectivity index (χ2v) is 3.92. The Labute approximate surface area is 82.9 Å². The van der Waals surface area contributed by atoms with E-state index in [0.717, 1.165) is 30.6 Å². The number of hydrogen-bond acceptors (Lipinski definition) is 3. The van der Waals surface area contributed by atoms with Gasteiger partial charge in [0.1, 0.15) is 5.69 Å². The molecule has 0 saturated heterocycles. The number of nitrogens with zero attached hydrogens (tertiary/aromatic N) is 2. The van der Waals surface area contributed by atoms with E-state index in [1.54, 1.807) is 0 Å². The third-order valence-electron chi connectivity index (χ3n) is 2.49. The molecule has 0 aromatic carbocycles. The average Bonchev–Trinajstić information content (AvgIpc) is 2.18. The Kier molecular flexibility index (Phi) is 2.27. The molecule has 1 aliphatic rings. The second kappa shape index (κ2) is 3.44. The standard InChI is InChI=1S/C10H15N3O/c1-7(2)13-10(14)9-8(6-12-13)4-3-5-11-9/h6-7,11H,3-5H2,1-2H3. The van der Waals surface area contributed by atoms with Crippen LogP contribution in [-0.4, -0.2) is 16.3 Å². The molecule has 0 aliphatic carbocycles. The molecular formula is C10H15N3O. The monoisotopic (exact) mass is 193 g/mol. The summed E-state index contributed by atoms with van der Waals surface area (Å²) in [4.78, 5) is 11.9. The average molecular weight is 193 g/mol. The van der Waals surface area contributed by atoms with Gasteiger partial charge >= 0.3 is 0 Å². The van der Waals surface area contributed by atoms with Gasteiger partial charge in [-0.1, -0.05) is 0 Å². The molecule has 0 atom stereocenters. The zero-order valence-electron chi connectivity index (χ0n) is 8.58. The van der Waals surface area contributed by atoms with Crippen LogP contribution in [-0.2, 0) is 6.42 Å². The van der Waals surface area contributed by atoms with E-state index in [1.165, 1.54) is 4.68 Å². The molecule has 1 N–H and O–H groups in total. The summed E-state index contributed by atoms with van der Waals surface area (Å²) in [7, 11) is 0. The number of aromatic nitrogens is 2. The molecule has 0 bridgehead atoms. The number of nitrogens with one attached hydrogen (secondary N) is 1. The molecule has 0 amide bonds. The normalized spacial score (nSPS) is 15.1. The van der Waals surface area contributed by atoms with Crippen LogP contribution in [0.4, 0.5) is 5.69 Å². The molecule has 76 valence electrons. The number of hydrogen-bond donors (Lipinski definition) is 1. The van der Waals surface area contributed by atoms with E-state index in [2.05, 4.69) is 10.4 Å². The number of aryl methyl sites for hydroxylation is 1. The summed E-state index contributed by atoms with van der Waals surface area (Å²) >= 11 is 0. The van der Waals surface area contributed by atoms with Gasteiger partial charge in [-0.25, -0.2) is 4.68 Å². The first-order valence-corrected chi connectivity index (χ1v) is 5.04. The van der Waals surface area contributed by atoms with Crippen LogP contribution in [0, 0.1) is 0 Å². The summed E-state index contributed by atoms with van der Waals surface area (Å²) in [5, 5.41) is 7.31. The molecule has 0 saturated carbocycles. The van der Waals surface area contributed by atoms with Crippen molar-refractivity contribution >= 4 is 5.69 Å². The Morgan fingerprint density at radius 2 is 2.36 bits per heavy atom. The largest absolute Gasteiger partial charge is 0.380 e. The van der Waals surface area contributed by atoms with Gasteiger partial charge in [-0.15, -0.1) is 0 Å². The lowest BCUT2D eigenvalue weighted by Crippen LogP contribution is -2.30. The molecule has 2 rings (SSSR count). The van der Waals surface area contributed by atoms with E-state index >= 15 is 0 Å². The van der Waals surface area contributed by atoms with Crippen LogP contribution in [0.2, 0.25) is 0 Å². The van der Waals surface area contributed by atoms with E-state index in [9.17, 15) is 4.79 Å². The van der Waals surface area contributed by atoms with Gasteiger partial charge in [0.15, 0.2) is 0 Å². The van der Waals surface area contributed by atoms with Crippen molar-refractivity contribution in [3.05, 3.63) is 22.1 Å². The van der Waals surface area contributed by atoms with E-state index < -0.39 is 0 Å². The molecule has 4 nitrogen and oxygen atoms in total. The van der Waals surface area contributed by atoms with E-state index in [4.69, 9.17) is 0 Å². The summed E-state index contributed by atoms with van der Waals surface area (Å²) in [5.74, 6) is 0. The van der Waals surface area contributed by atoms with Crippen molar-refractivity contribution in [2.45, 2.75) is 32.7 Å². The molecule has 1 aromatic heterocycles. The quantitative estimate of drug-likeness (QED) is 0.728. The van der Waals surface area contributed by atoms with Gasteiger partial charge in [0.05, 0.1) is 12.2 Å². The first kappa shape index (κ1) is 9.24. The molecule has 0 fully saturated rings. The lowest BCUT2D eigenvalue weighted by molar-refractivity contribution is 0.500. The highest BCUT2D eigenvalue weighted by molar-refractivity contribution is 5.49. The Bertz CT molecular complexity index is 395. The van der Waals surface area contributed by atoms with Crippen LogP contribution in [0.1, 0.15) is 31.9 Å². The van der Waals surface area contributed by atoms with Crippen molar-refractivity contribution in [2.24, 2.45) is 0 Å². The highest BCUT2D eigenvalue weighted by atomic mass is 16.1. The van der Waals surface area contributed by atoms with E-state index in [1.807, 2.05) is 20.0 Å². The predicted molar refractivity (Wildman–Crippen MR) is 55.7 cm³/mol. The first-order chi connectivity index (χ1) is 6.70. The number of anilines is 1. The van der Waals surface area contributed by atoms with Crippen LogP contribution in [0.5, 0.6) is 0 Å². The fraction of sp³-hybridized carbons (Fsp3) is 0.600. The maximum atomic E-state index is 11.9. The van der Waals surface area contributed by atoms with Gasteiger partial charge in [0, 0.05) is 12.1 Å². The lowest BCUT2D eigenvalue weighted by atomic mass is 10.1. The maximum absolute atomic E-state index is 11.9. The fourth-order valence-electron chi connectivity index (χ4n) is 1.74. The smallest absolute Gasteiger partial charge is 0.290 e. The summed E-state index contributed by atoms with van der Waals surface area (Å²) in [5.41, 5.74) is 1.82. The highest BCUT2D eigenvalue weighted by Gasteiger charge is 2.15. The highest BCUT2D eigenvalue weighted by Crippen LogP contribution is 2.16. The minimum atomic E-state index is 0.0113. The molecule has 14 heavy (non-hydrogen) atoms. The molecule has 1 aliphatic heterocycles. The predicted octanol–water partition coefficient (Wildman–Crippen LogP) is 1.18. The molecule has 0 radical (unpaired) electrons. The lowest BCUT2D eigenvalue weighted by Gasteiger charge is -2.18. The van der Waals surface area contributed by atoms with Gasteiger partial charge in [0.2, 0.25) is 0 Å². The summed E-state index contributed by atoms with van der Waals surface area (Å²) < 4.78 is 1.52. The van der Waals surface area contributed by atoms with Crippen LogP contribution < -0.4 is 10.9 Å². The third-order valence-corrected chi connectivity index (χ3v) is 2.49. The molecule has 0 unspecified atom stereocenters. The Hall–Kier alpha value is -1.32. The Morgan fingerprint density at radius 3 is 3.07 bits per heavy atom. The van der Waals surface area contributed by atoms with Crippen molar-refractivity contribution in [1.82, 2.24) is 9.78 Å². The van der Waals surface area contributed by atoms with Crippen LogP contribution in [0.25, 0.3) is 0 Å². The van der Waals surface area contributed by atoms with Gasteiger partial charge in [-0.2, -0.15) is 5.10 Å². The van der Waals surface area contributed by atoms with Crippen LogP contribution in [0.3, 0.4) is 0 Å². The van der Waals surface area contributed by atoms with Crippen LogP contribution in [0.15, 0.2) is 11.0 Å². The maximum Gasteiger partial charge on any atom is 0.290 e. The summed E-state index contributed by atoms with van der Waals surface area (Å²) in [6, 6.07) is 0.122. The SMILES string of the molecule is CC(C)n1ncc2c(c1=O)NCCC2. The van der Waals surface area contributed by atoms with Crippen molar-refractivity contribution in [1.29, 1.82) is 0 Å². The zero-order valence-corrected chi connectivity index (χ0v) is 8.58. The van der Waals surface area contributed by atoms with Crippen molar-refractivity contribution in [2.75, 3.05) is 11.9 Å². The van der Waals surface area contributed by atoms with Gasteiger partial charge < -0.3 is 5.32 Å². The molecule has 0 spiro atoms. The summed E-state index contributed by atoms with van der Waals surface area (Å²) in [6.07, 6.45) is 3.85. The minimum absolute atomic E-state index is 0.0113. The second-order valence-electron chi connectivity index (χ2n) is 3.92. The fourth-order valence-corrected chi connectivity index (χ4v) is 1.74. The third kappa shape index (κ3) is 1.41. The van der Waals surface area contributed by atoms with Crippen molar-refractivity contribution in [3.8, 4) is 0 Å². The Balaban J connectivity index is 2.55. The van der Waals surface area contributed by atoms with Gasteiger partial charge in [-0.3, -0.25) is 4.79 Å². The Morgan fingerprint density at radius 1 is 1.57 bits per heavy atom. The molecular weight excluding hydrogens is 178 g/mol. The zero-order chi connectivity index (χ0) is 10.1. The van der Waals surface area contributed by atoms with Gasteiger partial charge in [0.25, 0.3) is 5.56 Å². The summed E-state index contributed by atoms with van der Waals surface area (Å²) in [6.45, 7) is 4.82. The molecule has 4 heteroatoms. The van der Waals surface area contributed by atoms with Crippen molar-refractivity contribution in [3.63, 3.8) is 0 Å². The van der Waals surface area contributed by atoms with E-state index in [-0.39, 0.29) is 11.6 Å². The molecule has 2 heterocycles. The number of fused-ring (bicyclic) bond motifs is 1. The topological polar surface area (TPSA) is 46.9 Å².